The monoisotopic (exact) mass is 311 g/mol. The maximum absolute atomic E-state index is 6.26. The Balaban J connectivity index is 1.63. The Morgan fingerprint density at radius 1 is 1.14 bits per heavy atom. The molecule has 5 heteroatoms. The summed E-state index contributed by atoms with van der Waals surface area (Å²) in [5, 5.41) is 4.27. The molecule has 1 aliphatic heterocycles. The first-order chi connectivity index (χ1) is 10.3. The predicted octanol–water partition coefficient (Wildman–Crippen LogP) is 2.09. The molecule has 118 valence electrons. The summed E-state index contributed by atoms with van der Waals surface area (Å²) < 4.78 is 5.30. The highest BCUT2D eigenvalue weighted by molar-refractivity contribution is 6.33. The van der Waals surface area contributed by atoms with Gasteiger partial charge in [0.15, 0.2) is 0 Å². The van der Waals surface area contributed by atoms with E-state index in [4.69, 9.17) is 16.3 Å². The second-order valence-electron chi connectivity index (χ2n) is 5.23. The molecule has 21 heavy (non-hydrogen) atoms. The van der Waals surface area contributed by atoms with Crippen LogP contribution in [0, 0.1) is 0 Å². The zero-order chi connectivity index (χ0) is 14.9. The molecule has 1 N–H and O–H groups in total. The molecule has 0 spiro atoms. The Hall–Kier alpha value is -0.810. The first-order valence-corrected chi connectivity index (χ1v) is 8.19. The number of rotatable bonds is 8. The lowest BCUT2D eigenvalue weighted by molar-refractivity contribution is 0.148. The fourth-order valence-corrected chi connectivity index (χ4v) is 2.83. The summed E-state index contributed by atoms with van der Waals surface area (Å²) in [4.78, 5) is 4.88. The van der Waals surface area contributed by atoms with Crippen molar-refractivity contribution in [1.29, 1.82) is 0 Å². The molecule has 0 unspecified atom stereocenters. The highest BCUT2D eigenvalue weighted by Gasteiger charge is 2.18. The van der Waals surface area contributed by atoms with Gasteiger partial charge in [-0.2, -0.15) is 0 Å². The standard InChI is InChI=1S/C16H26ClN3O/c1-2-21-14-8-18-7-9-19-10-12-20(13-11-19)16-6-4-3-5-15(16)17/h3-6,18H,2,7-14H2,1H3. The number of nitrogens with one attached hydrogen (secondary N) is 1. The Bertz CT molecular complexity index is 408. The summed E-state index contributed by atoms with van der Waals surface area (Å²) in [6.45, 7) is 11.0. The second-order valence-corrected chi connectivity index (χ2v) is 5.63. The number of hydrogen-bond donors (Lipinski definition) is 1. The quantitative estimate of drug-likeness (QED) is 0.744. The SMILES string of the molecule is CCOCCNCCN1CCN(c2ccccc2Cl)CC1. The van der Waals surface area contributed by atoms with Crippen molar-refractivity contribution in [3.63, 3.8) is 0 Å². The summed E-state index contributed by atoms with van der Waals surface area (Å²) in [5.74, 6) is 0. The lowest BCUT2D eigenvalue weighted by atomic mass is 10.2. The van der Waals surface area contributed by atoms with Crippen molar-refractivity contribution in [1.82, 2.24) is 10.2 Å². The van der Waals surface area contributed by atoms with Gasteiger partial charge in [0.05, 0.1) is 17.3 Å². The molecule has 2 rings (SSSR count). The van der Waals surface area contributed by atoms with Crippen LogP contribution < -0.4 is 10.2 Å². The molecule has 1 saturated heterocycles. The molecule has 0 saturated carbocycles. The zero-order valence-electron chi connectivity index (χ0n) is 12.9. The van der Waals surface area contributed by atoms with Crippen LogP contribution >= 0.6 is 11.6 Å². The Morgan fingerprint density at radius 2 is 1.90 bits per heavy atom. The minimum absolute atomic E-state index is 0.797. The van der Waals surface area contributed by atoms with Gasteiger partial charge in [0, 0.05) is 52.4 Å². The van der Waals surface area contributed by atoms with Crippen LogP contribution in [0.1, 0.15) is 6.92 Å². The van der Waals surface area contributed by atoms with Crippen LogP contribution in [0.4, 0.5) is 5.69 Å². The van der Waals surface area contributed by atoms with Crippen molar-refractivity contribution in [2.75, 3.05) is 63.9 Å². The molecule has 4 nitrogen and oxygen atoms in total. The largest absolute Gasteiger partial charge is 0.380 e. The predicted molar refractivity (Wildman–Crippen MR) is 89.5 cm³/mol. The number of para-hydroxylation sites is 1. The third-order valence-electron chi connectivity index (χ3n) is 3.80. The number of piperazine rings is 1. The van der Waals surface area contributed by atoms with E-state index in [1.807, 2.05) is 19.1 Å². The Morgan fingerprint density at radius 3 is 2.62 bits per heavy atom. The van der Waals surface area contributed by atoms with E-state index in [0.717, 1.165) is 69.7 Å². The van der Waals surface area contributed by atoms with E-state index in [0.29, 0.717) is 0 Å². The van der Waals surface area contributed by atoms with Crippen molar-refractivity contribution in [2.24, 2.45) is 0 Å². The van der Waals surface area contributed by atoms with E-state index < -0.39 is 0 Å². The molecular formula is C16H26ClN3O. The summed E-state index contributed by atoms with van der Waals surface area (Å²) in [6.07, 6.45) is 0. The van der Waals surface area contributed by atoms with Gasteiger partial charge in [-0.25, -0.2) is 0 Å². The van der Waals surface area contributed by atoms with Gasteiger partial charge in [0.2, 0.25) is 0 Å². The van der Waals surface area contributed by atoms with Crippen molar-refractivity contribution in [3.8, 4) is 0 Å². The molecule has 0 radical (unpaired) electrons. The first kappa shape index (κ1) is 16.6. The van der Waals surface area contributed by atoms with Gasteiger partial charge in [0.25, 0.3) is 0 Å². The van der Waals surface area contributed by atoms with E-state index in [-0.39, 0.29) is 0 Å². The van der Waals surface area contributed by atoms with Crippen molar-refractivity contribution < 1.29 is 4.74 Å². The number of anilines is 1. The normalized spacial score (nSPS) is 16.4. The molecule has 1 aromatic rings. The highest BCUT2D eigenvalue weighted by atomic mass is 35.5. The maximum atomic E-state index is 6.26. The van der Waals surface area contributed by atoms with Gasteiger partial charge in [0.1, 0.15) is 0 Å². The Labute approximate surface area is 133 Å². The molecule has 0 aromatic heterocycles. The number of hydrogen-bond acceptors (Lipinski definition) is 4. The lowest BCUT2D eigenvalue weighted by Gasteiger charge is -2.36. The fourth-order valence-electron chi connectivity index (χ4n) is 2.57. The topological polar surface area (TPSA) is 27.7 Å². The summed E-state index contributed by atoms with van der Waals surface area (Å²) in [5.41, 5.74) is 1.16. The molecule has 1 aliphatic rings. The minimum Gasteiger partial charge on any atom is -0.380 e. The van der Waals surface area contributed by atoms with E-state index >= 15 is 0 Å². The van der Waals surface area contributed by atoms with E-state index in [1.54, 1.807) is 0 Å². The molecule has 0 bridgehead atoms. The van der Waals surface area contributed by atoms with Crippen LogP contribution in [0.5, 0.6) is 0 Å². The van der Waals surface area contributed by atoms with E-state index in [9.17, 15) is 0 Å². The minimum atomic E-state index is 0.797. The van der Waals surface area contributed by atoms with Crippen molar-refractivity contribution >= 4 is 17.3 Å². The van der Waals surface area contributed by atoms with E-state index in [2.05, 4.69) is 27.2 Å². The molecule has 0 atom stereocenters. The molecular weight excluding hydrogens is 286 g/mol. The van der Waals surface area contributed by atoms with Crippen LogP contribution in [-0.4, -0.2) is 63.9 Å². The molecule has 1 heterocycles. The van der Waals surface area contributed by atoms with Gasteiger partial charge in [-0.15, -0.1) is 0 Å². The number of ether oxygens (including phenoxy) is 1. The molecule has 0 amide bonds. The lowest BCUT2D eigenvalue weighted by Crippen LogP contribution is -2.48. The zero-order valence-corrected chi connectivity index (χ0v) is 13.6. The highest BCUT2D eigenvalue weighted by Crippen LogP contribution is 2.25. The summed E-state index contributed by atoms with van der Waals surface area (Å²) in [6, 6.07) is 8.10. The fraction of sp³-hybridized carbons (Fsp3) is 0.625. The van der Waals surface area contributed by atoms with Crippen LogP contribution in [0.25, 0.3) is 0 Å². The summed E-state index contributed by atoms with van der Waals surface area (Å²) >= 11 is 6.26. The van der Waals surface area contributed by atoms with Crippen LogP contribution in [0.3, 0.4) is 0 Å². The average molecular weight is 312 g/mol. The first-order valence-electron chi connectivity index (χ1n) is 7.81. The van der Waals surface area contributed by atoms with Crippen molar-refractivity contribution in [3.05, 3.63) is 29.3 Å². The molecule has 0 aliphatic carbocycles. The second kappa shape index (κ2) is 9.26. The maximum Gasteiger partial charge on any atom is 0.0639 e. The van der Waals surface area contributed by atoms with Gasteiger partial charge in [-0.3, -0.25) is 4.90 Å². The average Bonchev–Trinajstić information content (AvgIpc) is 2.52. The van der Waals surface area contributed by atoms with Crippen LogP contribution in [-0.2, 0) is 4.74 Å². The molecule has 1 fully saturated rings. The smallest absolute Gasteiger partial charge is 0.0639 e. The number of benzene rings is 1. The van der Waals surface area contributed by atoms with Crippen LogP contribution in [0.2, 0.25) is 5.02 Å². The van der Waals surface area contributed by atoms with Crippen molar-refractivity contribution in [2.45, 2.75) is 6.92 Å². The van der Waals surface area contributed by atoms with Gasteiger partial charge in [-0.1, -0.05) is 23.7 Å². The third-order valence-corrected chi connectivity index (χ3v) is 4.12. The summed E-state index contributed by atoms with van der Waals surface area (Å²) in [7, 11) is 0. The third kappa shape index (κ3) is 5.47. The van der Waals surface area contributed by atoms with Gasteiger partial charge < -0.3 is 15.0 Å². The van der Waals surface area contributed by atoms with Gasteiger partial charge >= 0.3 is 0 Å². The van der Waals surface area contributed by atoms with Crippen LogP contribution in [0.15, 0.2) is 24.3 Å². The Kier molecular flexibility index (Phi) is 7.30. The van der Waals surface area contributed by atoms with Gasteiger partial charge in [-0.05, 0) is 19.1 Å². The number of halogens is 1. The number of nitrogens with zero attached hydrogens (tertiary/aromatic N) is 2. The molecule has 1 aromatic carbocycles. The van der Waals surface area contributed by atoms with E-state index in [1.165, 1.54) is 0 Å².